The van der Waals surface area contributed by atoms with Gasteiger partial charge in [0.15, 0.2) is 11.4 Å². The summed E-state index contributed by atoms with van der Waals surface area (Å²) in [6.45, 7) is 2.99. The molecule has 1 unspecified atom stereocenters. The van der Waals surface area contributed by atoms with E-state index in [1.165, 1.54) is 6.42 Å². The van der Waals surface area contributed by atoms with Crippen LogP contribution in [0, 0.1) is 5.92 Å². The number of piperidine rings is 1. The SMILES string of the molecule is COCC1CCN(c2cc(C(=O)CS(=O)CCCOc3ccccc3)nc3c2c(C2CCC2)nn3-c2ccccc2)CC1.O. The number of carbonyl (C=O) groups is 1. The number of benzene rings is 2. The zero-order chi connectivity index (χ0) is 29.6. The molecule has 2 fully saturated rings. The van der Waals surface area contributed by atoms with Gasteiger partial charge < -0.3 is 19.8 Å². The number of carbonyl (C=O) groups excluding carboxylic acids is 1. The van der Waals surface area contributed by atoms with Crippen molar-refractivity contribution in [2.24, 2.45) is 5.92 Å². The predicted octanol–water partition coefficient (Wildman–Crippen LogP) is 5.13. The number of nitrogens with zero attached hydrogens (tertiary/aromatic N) is 4. The zero-order valence-corrected chi connectivity index (χ0v) is 26.1. The van der Waals surface area contributed by atoms with Crippen LogP contribution >= 0.6 is 0 Å². The molecule has 2 aromatic heterocycles. The molecule has 3 heterocycles. The van der Waals surface area contributed by atoms with Crippen LogP contribution in [0.15, 0.2) is 66.7 Å². The molecule has 9 nitrogen and oxygen atoms in total. The standard InChI is InChI=1S/C34H40N4O4S.H2O/c1-41-23-25-16-18-37(19-17-25)30-22-29(31(39)24-43(40)21-9-20-42-28-14-6-3-7-15-28)35-34-32(30)33(26-10-8-11-26)36-38(34)27-12-4-2-5-13-27;/h2-7,12-15,22,25-26H,8-11,16-21,23-24H2,1H3;1H2. The Hall–Kier alpha value is -3.60. The van der Waals surface area contributed by atoms with Gasteiger partial charge in [0.1, 0.15) is 11.4 Å². The molecule has 0 bridgehead atoms. The number of anilines is 1. The van der Waals surface area contributed by atoms with Crippen molar-refractivity contribution in [2.45, 2.75) is 44.4 Å². The lowest BCUT2D eigenvalue weighted by molar-refractivity contribution is 0.101. The number of para-hydroxylation sites is 2. The summed E-state index contributed by atoms with van der Waals surface area (Å²) in [5.74, 6) is 1.85. The molecular formula is C34H42N4O5S. The van der Waals surface area contributed by atoms with Crippen LogP contribution in [0.1, 0.15) is 60.6 Å². The second-order valence-electron chi connectivity index (χ2n) is 11.6. The second kappa shape index (κ2) is 14.9. The van der Waals surface area contributed by atoms with E-state index in [0.717, 1.165) is 73.6 Å². The average molecular weight is 619 g/mol. The van der Waals surface area contributed by atoms with Crippen LogP contribution in [0.4, 0.5) is 5.69 Å². The van der Waals surface area contributed by atoms with Crippen LogP contribution in [0.5, 0.6) is 5.75 Å². The maximum Gasteiger partial charge on any atom is 0.193 e. The number of aromatic nitrogens is 3. The molecule has 1 saturated carbocycles. The fourth-order valence-electron chi connectivity index (χ4n) is 6.03. The molecule has 44 heavy (non-hydrogen) atoms. The fourth-order valence-corrected chi connectivity index (χ4v) is 7.05. The minimum absolute atomic E-state index is 0. The number of hydrogen-bond donors (Lipinski definition) is 0. The summed E-state index contributed by atoms with van der Waals surface area (Å²) in [4.78, 5) is 21.0. The molecule has 6 rings (SSSR count). The van der Waals surface area contributed by atoms with Crippen molar-refractivity contribution >= 4 is 33.3 Å². The van der Waals surface area contributed by atoms with Gasteiger partial charge in [-0.25, -0.2) is 9.67 Å². The smallest absolute Gasteiger partial charge is 0.193 e. The number of methoxy groups -OCH3 is 1. The van der Waals surface area contributed by atoms with E-state index in [9.17, 15) is 9.00 Å². The van der Waals surface area contributed by atoms with Gasteiger partial charge in [-0.3, -0.25) is 9.00 Å². The summed E-state index contributed by atoms with van der Waals surface area (Å²) in [6.07, 6.45) is 6.10. The van der Waals surface area contributed by atoms with Gasteiger partial charge in [-0.2, -0.15) is 5.10 Å². The highest BCUT2D eigenvalue weighted by molar-refractivity contribution is 7.85. The van der Waals surface area contributed by atoms with Gasteiger partial charge >= 0.3 is 0 Å². The Morgan fingerprint density at radius 3 is 2.36 bits per heavy atom. The van der Waals surface area contributed by atoms with E-state index in [-0.39, 0.29) is 17.0 Å². The molecule has 2 aliphatic rings. The van der Waals surface area contributed by atoms with Gasteiger partial charge in [-0.15, -0.1) is 0 Å². The van der Waals surface area contributed by atoms with Crippen molar-refractivity contribution in [1.29, 1.82) is 0 Å². The Morgan fingerprint density at radius 1 is 1.00 bits per heavy atom. The Labute approximate surface area is 261 Å². The maximum atomic E-state index is 13.6. The van der Waals surface area contributed by atoms with Gasteiger partial charge in [-0.05, 0) is 68.4 Å². The van der Waals surface area contributed by atoms with E-state index >= 15 is 0 Å². The molecule has 0 spiro atoms. The van der Waals surface area contributed by atoms with Crippen molar-refractivity contribution < 1.29 is 24.0 Å². The molecule has 1 aliphatic heterocycles. The first-order valence-corrected chi connectivity index (χ1v) is 16.9. The van der Waals surface area contributed by atoms with Crippen LogP contribution < -0.4 is 9.64 Å². The van der Waals surface area contributed by atoms with E-state index in [2.05, 4.69) is 4.90 Å². The lowest BCUT2D eigenvalue weighted by Gasteiger charge is -2.34. The highest BCUT2D eigenvalue weighted by Gasteiger charge is 2.31. The first-order chi connectivity index (χ1) is 21.1. The summed E-state index contributed by atoms with van der Waals surface area (Å²) in [7, 11) is 0.448. The van der Waals surface area contributed by atoms with Crippen molar-refractivity contribution in [3.63, 3.8) is 0 Å². The van der Waals surface area contributed by atoms with E-state index in [1.54, 1.807) is 7.11 Å². The number of ether oxygens (including phenoxy) is 2. The highest BCUT2D eigenvalue weighted by Crippen LogP contribution is 2.43. The summed E-state index contributed by atoms with van der Waals surface area (Å²) in [6, 6.07) is 21.5. The first kappa shape index (κ1) is 31.8. The molecular weight excluding hydrogens is 576 g/mol. The minimum atomic E-state index is -1.32. The number of fused-ring (bicyclic) bond motifs is 1. The highest BCUT2D eigenvalue weighted by atomic mass is 32.2. The van der Waals surface area contributed by atoms with Crippen molar-refractivity contribution in [2.75, 3.05) is 49.8 Å². The Kier molecular flexibility index (Phi) is 10.8. The third-order valence-corrected chi connectivity index (χ3v) is 9.93. The molecule has 234 valence electrons. The molecule has 2 N–H and O–H groups in total. The quantitative estimate of drug-likeness (QED) is 0.151. The van der Waals surface area contributed by atoms with Gasteiger partial charge in [-0.1, -0.05) is 42.8 Å². The molecule has 1 atom stereocenters. The number of pyridine rings is 1. The molecule has 0 amide bonds. The first-order valence-electron chi connectivity index (χ1n) is 15.4. The number of Topliss-reactive ketones (excluding diaryl/α,β-unsaturated/α-hetero) is 1. The third-order valence-electron chi connectivity index (χ3n) is 8.60. The summed E-state index contributed by atoms with van der Waals surface area (Å²) in [5, 5.41) is 6.19. The van der Waals surface area contributed by atoms with Crippen molar-refractivity contribution in [3.8, 4) is 11.4 Å². The van der Waals surface area contributed by atoms with Crippen LogP contribution in [-0.2, 0) is 15.5 Å². The summed E-state index contributed by atoms with van der Waals surface area (Å²) < 4.78 is 26.1. The average Bonchev–Trinajstić information content (AvgIpc) is 3.38. The normalized spacial score (nSPS) is 16.3. The predicted molar refractivity (Wildman–Crippen MR) is 175 cm³/mol. The van der Waals surface area contributed by atoms with Crippen LogP contribution in [0.3, 0.4) is 0 Å². The van der Waals surface area contributed by atoms with E-state index < -0.39 is 10.8 Å². The van der Waals surface area contributed by atoms with Gasteiger partial charge in [0, 0.05) is 49.3 Å². The minimum Gasteiger partial charge on any atom is -0.494 e. The topological polar surface area (TPSA) is 118 Å². The van der Waals surface area contributed by atoms with Crippen LogP contribution in [0.2, 0.25) is 0 Å². The zero-order valence-electron chi connectivity index (χ0n) is 25.3. The molecule has 4 aromatic rings. The maximum absolute atomic E-state index is 13.6. The Balaban J connectivity index is 0.00000384. The monoisotopic (exact) mass is 618 g/mol. The Morgan fingerprint density at radius 2 is 1.70 bits per heavy atom. The molecule has 10 heteroatoms. The number of hydrogen-bond acceptors (Lipinski definition) is 7. The largest absolute Gasteiger partial charge is 0.494 e. The summed E-state index contributed by atoms with van der Waals surface area (Å²) >= 11 is 0. The van der Waals surface area contributed by atoms with Crippen molar-refractivity contribution in [3.05, 3.63) is 78.1 Å². The van der Waals surface area contributed by atoms with E-state index in [1.807, 2.05) is 71.4 Å². The lowest BCUT2D eigenvalue weighted by atomic mass is 9.81. The lowest BCUT2D eigenvalue weighted by Crippen LogP contribution is -2.35. The molecule has 0 radical (unpaired) electrons. The van der Waals surface area contributed by atoms with E-state index in [0.29, 0.717) is 42.0 Å². The number of ketones is 1. The van der Waals surface area contributed by atoms with E-state index in [4.69, 9.17) is 19.6 Å². The second-order valence-corrected chi connectivity index (χ2v) is 13.2. The van der Waals surface area contributed by atoms with Crippen molar-refractivity contribution in [1.82, 2.24) is 14.8 Å². The van der Waals surface area contributed by atoms with Gasteiger partial charge in [0.05, 0.1) is 34.8 Å². The summed E-state index contributed by atoms with van der Waals surface area (Å²) in [5.41, 5.74) is 4.08. The molecule has 1 aliphatic carbocycles. The fraction of sp³-hybridized carbons (Fsp3) is 0.441. The Bertz CT molecular complexity index is 1550. The van der Waals surface area contributed by atoms with Gasteiger partial charge in [0.25, 0.3) is 0 Å². The van der Waals surface area contributed by atoms with Gasteiger partial charge in [0.2, 0.25) is 0 Å². The molecule has 1 saturated heterocycles. The third kappa shape index (κ3) is 7.20. The number of rotatable bonds is 13. The van der Waals surface area contributed by atoms with Crippen LogP contribution in [-0.4, -0.2) is 75.2 Å². The van der Waals surface area contributed by atoms with Crippen LogP contribution in [0.25, 0.3) is 16.7 Å². The molecule has 2 aromatic carbocycles.